The summed E-state index contributed by atoms with van der Waals surface area (Å²) in [6.45, 7) is 4.20. The lowest BCUT2D eigenvalue weighted by Crippen LogP contribution is -2.20. The second-order valence-corrected chi connectivity index (χ2v) is 5.30. The van der Waals surface area contributed by atoms with E-state index in [9.17, 15) is 13.9 Å². The van der Waals surface area contributed by atoms with E-state index in [1.165, 1.54) is 6.07 Å². The van der Waals surface area contributed by atoms with E-state index in [4.69, 9.17) is 5.73 Å². The minimum absolute atomic E-state index is 0.211. The molecular weight excluding hydrogens is 272 g/mol. The maximum atomic E-state index is 13.3. The molecule has 2 unspecified atom stereocenters. The first-order valence-corrected chi connectivity index (χ1v) is 6.84. The summed E-state index contributed by atoms with van der Waals surface area (Å²) in [7, 11) is 0. The SMILES string of the molecule is Cc1ccc(C(CN)C(O)c2ccc(F)c(F)c2)cc1C. The molecule has 0 radical (unpaired) electrons. The summed E-state index contributed by atoms with van der Waals surface area (Å²) in [5.41, 5.74) is 9.23. The molecule has 0 saturated heterocycles. The van der Waals surface area contributed by atoms with Gasteiger partial charge in [0, 0.05) is 12.5 Å². The van der Waals surface area contributed by atoms with Gasteiger partial charge in [-0.05, 0) is 48.2 Å². The summed E-state index contributed by atoms with van der Waals surface area (Å²) < 4.78 is 26.3. The van der Waals surface area contributed by atoms with Crippen LogP contribution >= 0.6 is 0 Å². The average Bonchev–Trinajstić information content (AvgIpc) is 2.46. The van der Waals surface area contributed by atoms with Crippen molar-refractivity contribution in [2.24, 2.45) is 5.73 Å². The van der Waals surface area contributed by atoms with Crippen LogP contribution in [0.4, 0.5) is 8.78 Å². The molecule has 3 N–H and O–H groups in total. The molecule has 0 aliphatic rings. The number of benzene rings is 2. The summed E-state index contributed by atoms with van der Waals surface area (Å²) in [4.78, 5) is 0. The zero-order valence-corrected chi connectivity index (χ0v) is 12.1. The van der Waals surface area contributed by atoms with Crippen molar-refractivity contribution >= 4 is 0 Å². The molecule has 0 amide bonds. The molecule has 0 spiro atoms. The Morgan fingerprint density at radius 1 is 0.952 bits per heavy atom. The van der Waals surface area contributed by atoms with E-state index in [0.717, 1.165) is 28.8 Å². The van der Waals surface area contributed by atoms with E-state index in [1.54, 1.807) is 0 Å². The van der Waals surface area contributed by atoms with Crippen molar-refractivity contribution in [3.8, 4) is 0 Å². The molecule has 0 fully saturated rings. The maximum absolute atomic E-state index is 13.3. The van der Waals surface area contributed by atoms with Crippen LogP contribution in [-0.2, 0) is 0 Å². The zero-order chi connectivity index (χ0) is 15.6. The third-order valence-corrected chi connectivity index (χ3v) is 3.88. The van der Waals surface area contributed by atoms with Gasteiger partial charge in [0.25, 0.3) is 0 Å². The second kappa shape index (κ2) is 6.33. The Kier molecular flexibility index (Phi) is 4.70. The van der Waals surface area contributed by atoms with E-state index in [2.05, 4.69) is 0 Å². The van der Waals surface area contributed by atoms with Gasteiger partial charge in [-0.1, -0.05) is 24.3 Å². The van der Waals surface area contributed by atoms with Gasteiger partial charge in [-0.2, -0.15) is 0 Å². The van der Waals surface area contributed by atoms with Gasteiger partial charge < -0.3 is 10.8 Å². The van der Waals surface area contributed by atoms with Crippen LogP contribution in [0.2, 0.25) is 0 Å². The van der Waals surface area contributed by atoms with Crippen LogP contribution < -0.4 is 5.73 Å². The Balaban J connectivity index is 2.35. The first-order valence-electron chi connectivity index (χ1n) is 6.84. The molecule has 2 nitrogen and oxygen atoms in total. The number of nitrogens with two attached hydrogens (primary N) is 1. The van der Waals surface area contributed by atoms with Gasteiger partial charge in [0.2, 0.25) is 0 Å². The molecule has 2 aromatic rings. The minimum atomic E-state index is -0.979. The smallest absolute Gasteiger partial charge is 0.159 e. The highest BCUT2D eigenvalue weighted by molar-refractivity contribution is 5.34. The molecule has 4 heteroatoms. The van der Waals surface area contributed by atoms with E-state index >= 15 is 0 Å². The van der Waals surface area contributed by atoms with Crippen molar-refractivity contribution in [2.45, 2.75) is 25.9 Å². The lowest BCUT2D eigenvalue weighted by atomic mass is 9.87. The number of rotatable bonds is 4. The molecule has 112 valence electrons. The number of aliphatic hydroxyl groups is 1. The molecule has 2 aromatic carbocycles. The van der Waals surface area contributed by atoms with Crippen molar-refractivity contribution in [3.63, 3.8) is 0 Å². The van der Waals surface area contributed by atoms with Gasteiger partial charge in [0.1, 0.15) is 0 Å². The van der Waals surface area contributed by atoms with Crippen LogP contribution in [0.1, 0.15) is 34.3 Å². The predicted molar refractivity (Wildman–Crippen MR) is 79.0 cm³/mol. The van der Waals surface area contributed by atoms with E-state index in [-0.39, 0.29) is 12.5 Å². The summed E-state index contributed by atoms with van der Waals surface area (Å²) in [5.74, 6) is -2.27. The monoisotopic (exact) mass is 291 g/mol. The quantitative estimate of drug-likeness (QED) is 0.907. The molecule has 2 atom stereocenters. The molecule has 21 heavy (non-hydrogen) atoms. The first kappa shape index (κ1) is 15.6. The highest BCUT2D eigenvalue weighted by atomic mass is 19.2. The first-order chi connectivity index (χ1) is 9.93. The average molecular weight is 291 g/mol. The topological polar surface area (TPSA) is 46.2 Å². The van der Waals surface area contributed by atoms with Crippen LogP contribution in [0.3, 0.4) is 0 Å². The molecule has 0 bridgehead atoms. The molecule has 0 aliphatic carbocycles. The largest absolute Gasteiger partial charge is 0.388 e. The summed E-state index contributed by atoms with van der Waals surface area (Å²) in [6, 6.07) is 9.25. The molecule has 0 heterocycles. The Morgan fingerprint density at radius 2 is 1.62 bits per heavy atom. The predicted octanol–water partition coefficient (Wildman–Crippen LogP) is 3.36. The van der Waals surface area contributed by atoms with Crippen LogP contribution in [0, 0.1) is 25.5 Å². The molecular formula is C17H19F2NO. The zero-order valence-electron chi connectivity index (χ0n) is 12.1. The molecule has 0 aromatic heterocycles. The Morgan fingerprint density at radius 3 is 2.19 bits per heavy atom. The van der Waals surface area contributed by atoms with Crippen molar-refractivity contribution in [1.82, 2.24) is 0 Å². The highest BCUT2D eigenvalue weighted by Gasteiger charge is 2.22. The van der Waals surface area contributed by atoms with Crippen molar-refractivity contribution in [3.05, 3.63) is 70.3 Å². The number of aliphatic hydroxyl groups excluding tert-OH is 1. The van der Waals surface area contributed by atoms with E-state index in [1.807, 2.05) is 32.0 Å². The van der Waals surface area contributed by atoms with Crippen LogP contribution in [0.15, 0.2) is 36.4 Å². The van der Waals surface area contributed by atoms with Crippen LogP contribution in [0.25, 0.3) is 0 Å². The number of halogens is 2. The van der Waals surface area contributed by atoms with Crippen molar-refractivity contribution < 1.29 is 13.9 Å². The summed E-state index contributed by atoms with van der Waals surface area (Å²) in [6.07, 6.45) is -0.979. The second-order valence-electron chi connectivity index (χ2n) is 5.30. The molecule has 0 aliphatic heterocycles. The standard InChI is InChI=1S/C17H19F2NO/c1-10-3-4-12(7-11(10)2)14(9-20)17(21)13-5-6-15(18)16(19)8-13/h3-8,14,17,21H,9,20H2,1-2H3. The van der Waals surface area contributed by atoms with Crippen molar-refractivity contribution in [1.29, 1.82) is 0 Å². The Bertz CT molecular complexity index is 643. The summed E-state index contributed by atoms with van der Waals surface area (Å²) >= 11 is 0. The maximum Gasteiger partial charge on any atom is 0.159 e. The van der Waals surface area contributed by atoms with Gasteiger partial charge in [0.15, 0.2) is 11.6 Å². The lowest BCUT2D eigenvalue weighted by Gasteiger charge is -2.23. The Labute approximate surface area is 123 Å². The van der Waals surface area contributed by atoms with Gasteiger partial charge in [-0.25, -0.2) is 8.78 Å². The summed E-state index contributed by atoms with van der Waals surface area (Å²) in [5, 5.41) is 10.4. The fourth-order valence-corrected chi connectivity index (χ4v) is 2.37. The molecule has 0 saturated carbocycles. The van der Waals surface area contributed by atoms with Gasteiger partial charge in [-0.15, -0.1) is 0 Å². The van der Waals surface area contributed by atoms with Crippen molar-refractivity contribution in [2.75, 3.05) is 6.54 Å². The number of aryl methyl sites for hydroxylation is 2. The fourth-order valence-electron chi connectivity index (χ4n) is 2.37. The normalized spacial score (nSPS) is 14.0. The fraction of sp³-hybridized carbons (Fsp3) is 0.294. The van der Waals surface area contributed by atoms with Crippen LogP contribution in [0.5, 0.6) is 0 Å². The lowest BCUT2D eigenvalue weighted by molar-refractivity contribution is 0.147. The highest BCUT2D eigenvalue weighted by Crippen LogP contribution is 2.31. The molecule has 2 rings (SSSR count). The van der Waals surface area contributed by atoms with E-state index < -0.39 is 17.7 Å². The Hall–Kier alpha value is -1.78. The minimum Gasteiger partial charge on any atom is -0.388 e. The number of hydrogen-bond acceptors (Lipinski definition) is 2. The van der Waals surface area contributed by atoms with E-state index in [0.29, 0.717) is 5.56 Å². The van der Waals surface area contributed by atoms with Gasteiger partial charge >= 0.3 is 0 Å². The third kappa shape index (κ3) is 3.28. The van der Waals surface area contributed by atoms with Crippen LogP contribution in [-0.4, -0.2) is 11.7 Å². The third-order valence-electron chi connectivity index (χ3n) is 3.88. The number of hydrogen-bond donors (Lipinski definition) is 2. The van der Waals surface area contributed by atoms with Gasteiger partial charge in [0.05, 0.1) is 6.10 Å². The van der Waals surface area contributed by atoms with Gasteiger partial charge in [-0.3, -0.25) is 0 Å².